The van der Waals surface area contributed by atoms with Crippen LogP contribution in [-0.2, 0) is 11.2 Å². The van der Waals surface area contributed by atoms with Gasteiger partial charge in [-0.1, -0.05) is 31.2 Å². The number of ether oxygens (including phenoxy) is 2. The van der Waals surface area contributed by atoms with Crippen LogP contribution in [0.5, 0.6) is 11.5 Å². The van der Waals surface area contributed by atoms with E-state index in [2.05, 4.69) is 12.2 Å². The van der Waals surface area contributed by atoms with Gasteiger partial charge in [-0.25, -0.2) is 0 Å². The Kier molecular flexibility index (Phi) is 6.56. The van der Waals surface area contributed by atoms with Crippen molar-refractivity contribution in [1.29, 1.82) is 0 Å². The van der Waals surface area contributed by atoms with Gasteiger partial charge in [-0.3, -0.25) is 9.69 Å². The molecule has 1 N–H and O–H groups in total. The molecule has 1 aliphatic carbocycles. The van der Waals surface area contributed by atoms with Gasteiger partial charge < -0.3 is 14.8 Å². The minimum atomic E-state index is -0.157. The average molecular weight is 437 g/mol. The Labute approximate surface area is 189 Å². The van der Waals surface area contributed by atoms with E-state index >= 15 is 0 Å². The standard InChI is InChI=1S/C25H28N2O3S/c1-3-18-9-5-8-12-21(18)27-24(28)20(26-25(27)31)15-17-13-14-22(23(16-17)29-4-2)30-19-10-6-7-11-19/h5,8-9,12-16,19H,3-4,6-7,10-11H2,1-2H3,(H,26,31)/b20-15+. The number of nitrogens with zero attached hydrogens (tertiary/aromatic N) is 1. The first-order valence-corrected chi connectivity index (χ1v) is 11.4. The summed E-state index contributed by atoms with van der Waals surface area (Å²) in [4.78, 5) is 14.7. The fourth-order valence-corrected chi connectivity index (χ4v) is 4.41. The van der Waals surface area contributed by atoms with E-state index in [1.54, 1.807) is 4.90 Å². The van der Waals surface area contributed by atoms with Crippen LogP contribution in [0.3, 0.4) is 0 Å². The Balaban J connectivity index is 1.60. The highest BCUT2D eigenvalue weighted by Gasteiger charge is 2.33. The molecular weight excluding hydrogens is 408 g/mol. The van der Waals surface area contributed by atoms with E-state index in [1.807, 2.05) is 55.5 Å². The minimum absolute atomic E-state index is 0.157. The van der Waals surface area contributed by atoms with Crippen molar-refractivity contribution >= 4 is 35.0 Å². The number of rotatable bonds is 7. The number of aryl methyl sites for hydroxylation is 1. The first-order chi connectivity index (χ1) is 15.1. The fourth-order valence-electron chi connectivity index (χ4n) is 4.11. The fraction of sp³-hybridized carbons (Fsp3) is 0.360. The zero-order valence-corrected chi connectivity index (χ0v) is 18.8. The monoisotopic (exact) mass is 436 g/mol. The van der Waals surface area contributed by atoms with Crippen molar-refractivity contribution in [2.24, 2.45) is 0 Å². The number of carbonyl (C=O) groups is 1. The second-order valence-electron chi connectivity index (χ2n) is 7.77. The number of amides is 1. The van der Waals surface area contributed by atoms with Gasteiger partial charge in [0.15, 0.2) is 16.6 Å². The van der Waals surface area contributed by atoms with E-state index in [9.17, 15) is 4.79 Å². The highest BCUT2D eigenvalue weighted by Crippen LogP contribution is 2.34. The van der Waals surface area contributed by atoms with Crippen molar-refractivity contribution in [2.75, 3.05) is 11.5 Å². The summed E-state index contributed by atoms with van der Waals surface area (Å²) in [6.45, 7) is 4.56. The van der Waals surface area contributed by atoms with Crippen LogP contribution >= 0.6 is 12.2 Å². The number of hydrogen-bond acceptors (Lipinski definition) is 4. The van der Waals surface area contributed by atoms with Gasteiger partial charge in [-0.15, -0.1) is 0 Å². The minimum Gasteiger partial charge on any atom is -0.490 e. The summed E-state index contributed by atoms with van der Waals surface area (Å²) in [6, 6.07) is 13.6. The molecule has 0 aromatic heterocycles. The number of carbonyl (C=O) groups excluding carboxylic acids is 1. The van der Waals surface area contributed by atoms with E-state index in [4.69, 9.17) is 21.7 Å². The van der Waals surface area contributed by atoms with E-state index in [-0.39, 0.29) is 12.0 Å². The molecule has 31 heavy (non-hydrogen) atoms. The highest BCUT2D eigenvalue weighted by molar-refractivity contribution is 7.80. The van der Waals surface area contributed by atoms with E-state index in [0.29, 0.717) is 23.2 Å². The molecule has 2 aromatic carbocycles. The molecule has 1 aliphatic heterocycles. The molecule has 0 radical (unpaired) electrons. The number of hydrogen-bond donors (Lipinski definition) is 1. The van der Waals surface area contributed by atoms with Gasteiger partial charge in [-0.05, 0) is 86.6 Å². The van der Waals surface area contributed by atoms with Gasteiger partial charge in [0.1, 0.15) is 5.70 Å². The van der Waals surface area contributed by atoms with Crippen molar-refractivity contribution in [2.45, 2.75) is 52.1 Å². The Morgan fingerprint density at radius 3 is 2.65 bits per heavy atom. The smallest absolute Gasteiger partial charge is 0.281 e. The second-order valence-corrected chi connectivity index (χ2v) is 8.16. The maximum absolute atomic E-state index is 13.1. The van der Waals surface area contributed by atoms with E-state index in [0.717, 1.165) is 41.8 Å². The number of anilines is 1. The predicted molar refractivity (Wildman–Crippen MR) is 128 cm³/mol. The molecule has 4 rings (SSSR count). The molecule has 1 saturated carbocycles. The molecule has 2 fully saturated rings. The lowest BCUT2D eigenvalue weighted by Gasteiger charge is -2.17. The third-order valence-electron chi connectivity index (χ3n) is 5.67. The summed E-state index contributed by atoms with van der Waals surface area (Å²) in [5, 5.41) is 3.47. The van der Waals surface area contributed by atoms with Gasteiger partial charge in [0.2, 0.25) is 0 Å². The van der Waals surface area contributed by atoms with Gasteiger partial charge in [-0.2, -0.15) is 0 Å². The number of para-hydroxylation sites is 1. The van der Waals surface area contributed by atoms with E-state index < -0.39 is 0 Å². The molecular formula is C25H28N2O3S. The quantitative estimate of drug-likeness (QED) is 0.476. The molecule has 0 bridgehead atoms. The maximum atomic E-state index is 13.1. The van der Waals surface area contributed by atoms with E-state index in [1.165, 1.54) is 12.8 Å². The molecule has 0 atom stereocenters. The Bertz CT molecular complexity index is 1010. The van der Waals surface area contributed by atoms with Crippen LogP contribution in [0.15, 0.2) is 48.2 Å². The second kappa shape index (κ2) is 9.52. The SMILES string of the molecule is CCOc1cc(/C=C2/NC(=S)N(c3ccccc3CC)C2=O)ccc1OC1CCCC1. The molecule has 5 nitrogen and oxygen atoms in total. The highest BCUT2D eigenvalue weighted by atomic mass is 32.1. The summed E-state index contributed by atoms with van der Waals surface area (Å²) < 4.78 is 12.0. The van der Waals surface area contributed by atoms with Crippen molar-refractivity contribution in [1.82, 2.24) is 5.32 Å². The topological polar surface area (TPSA) is 50.8 Å². The molecule has 1 amide bonds. The summed E-state index contributed by atoms with van der Waals surface area (Å²) in [6.07, 6.45) is 7.48. The third kappa shape index (κ3) is 4.59. The van der Waals surface area contributed by atoms with Crippen LogP contribution in [0.1, 0.15) is 50.7 Å². The largest absolute Gasteiger partial charge is 0.490 e. The van der Waals surface area contributed by atoms with Crippen LogP contribution in [0.4, 0.5) is 5.69 Å². The van der Waals surface area contributed by atoms with Crippen molar-refractivity contribution in [3.05, 3.63) is 59.3 Å². The maximum Gasteiger partial charge on any atom is 0.281 e. The average Bonchev–Trinajstić information content (AvgIpc) is 3.38. The zero-order chi connectivity index (χ0) is 21.8. The lowest BCUT2D eigenvalue weighted by molar-refractivity contribution is -0.113. The lowest BCUT2D eigenvalue weighted by atomic mass is 10.1. The molecule has 1 heterocycles. The molecule has 1 saturated heterocycles. The van der Waals surface area contributed by atoms with Crippen LogP contribution < -0.4 is 19.7 Å². The Morgan fingerprint density at radius 2 is 1.90 bits per heavy atom. The number of nitrogens with one attached hydrogen (secondary N) is 1. The molecule has 0 spiro atoms. The van der Waals surface area contributed by atoms with Gasteiger partial charge in [0.25, 0.3) is 5.91 Å². The van der Waals surface area contributed by atoms with Gasteiger partial charge >= 0.3 is 0 Å². The number of thiocarbonyl (C=S) groups is 1. The summed E-state index contributed by atoms with van der Waals surface area (Å²) >= 11 is 5.48. The summed E-state index contributed by atoms with van der Waals surface area (Å²) in [5.74, 6) is 1.30. The number of benzene rings is 2. The third-order valence-corrected chi connectivity index (χ3v) is 5.95. The zero-order valence-electron chi connectivity index (χ0n) is 18.0. The van der Waals surface area contributed by atoms with Gasteiger partial charge in [0, 0.05) is 0 Å². The van der Waals surface area contributed by atoms with Gasteiger partial charge in [0.05, 0.1) is 18.4 Å². The molecule has 6 heteroatoms. The summed E-state index contributed by atoms with van der Waals surface area (Å²) in [7, 11) is 0. The lowest BCUT2D eigenvalue weighted by Crippen LogP contribution is -2.31. The van der Waals surface area contributed by atoms with Crippen LogP contribution in [0.2, 0.25) is 0 Å². The summed E-state index contributed by atoms with van der Waals surface area (Å²) in [5.41, 5.74) is 3.20. The Hall–Kier alpha value is -2.86. The van der Waals surface area contributed by atoms with Crippen molar-refractivity contribution in [3.63, 3.8) is 0 Å². The normalized spacial score (nSPS) is 18.0. The first kappa shape index (κ1) is 21.4. The van der Waals surface area contributed by atoms with Crippen LogP contribution in [0.25, 0.3) is 6.08 Å². The van der Waals surface area contributed by atoms with Crippen LogP contribution in [0, 0.1) is 0 Å². The predicted octanol–water partition coefficient (Wildman–Crippen LogP) is 5.23. The molecule has 2 aliphatic rings. The Morgan fingerprint density at radius 1 is 1.13 bits per heavy atom. The molecule has 0 unspecified atom stereocenters. The molecule has 2 aromatic rings. The van der Waals surface area contributed by atoms with Crippen molar-refractivity contribution < 1.29 is 14.3 Å². The first-order valence-electron chi connectivity index (χ1n) is 11.0. The molecule has 162 valence electrons. The van der Waals surface area contributed by atoms with Crippen molar-refractivity contribution in [3.8, 4) is 11.5 Å². The van der Waals surface area contributed by atoms with Crippen LogP contribution in [-0.4, -0.2) is 23.7 Å².